The summed E-state index contributed by atoms with van der Waals surface area (Å²) >= 11 is 0. The molecule has 1 N–H and O–H groups in total. The number of hydrogen-bond donors (Lipinski definition) is 1. The van der Waals surface area contributed by atoms with Crippen LogP contribution in [0.3, 0.4) is 0 Å². The molecular formula is C18H24N2O. The van der Waals surface area contributed by atoms with Crippen molar-refractivity contribution < 1.29 is 4.74 Å². The fraction of sp³-hybridized carbons (Fsp3) is 0.389. The highest BCUT2D eigenvalue weighted by molar-refractivity contribution is 5.39. The summed E-state index contributed by atoms with van der Waals surface area (Å²) in [5, 5.41) is 3.44. The molecule has 1 atom stereocenters. The van der Waals surface area contributed by atoms with Gasteiger partial charge in [0, 0.05) is 29.6 Å². The van der Waals surface area contributed by atoms with Gasteiger partial charge < -0.3 is 10.1 Å². The highest BCUT2D eigenvalue weighted by atomic mass is 16.5. The summed E-state index contributed by atoms with van der Waals surface area (Å²) in [6.07, 6.45) is 3.71. The molecule has 0 fully saturated rings. The first-order chi connectivity index (χ1) is 10.1. The van der Waals surface area contributed by atoms with Crippen molar-refractivity contribution in [2.24, 2.45) is 0 Å². The smallest absolute Gasteiger partial charge is 0.124 e. The highest BCUT2D eigenvalue weighted by Gasteiger charge is 2.11. The average molecular weight is 284 g/mol. The third-order valence-electron chi connectivity index (χ3n) is 3.47. The number of rotatable bonds is 6. The summed E-state index contributed by atoms with van der Waals surface area (Å²) in [6, 6.07) is 8.72. The molecule has 1 heterocycles. The van der Waals surface area contributed by atoms with Crippen LogP contribution in [0.2, 0.25) is 0 Å². The van der Waals surface area contributed by atoms with Gasteiger partial charge in [0.25, 0.3) is 0 Å². The van der Waals surface area contributed by atoms with Gasteiger partial charge in [0.2, 0.25) is 0 Å². The number of ether oxygens (including phenoxy) is 1. The molecule has 0 saturated heterocycles. The molecule has 0 aliphatic carbocycles. The van der Waals surface area contributed by atoms with E-state index in [1.54, 1.807) is 0 Å². The van der Waals surface area contributed by atoms with Crippen LogP contribution in [0.4, 0.5) is 0 Å². The fourth-order valence-corrected chi connectivity index (χ4v) is 2.41. The van der Waals surface area contributed by atoms with Crippen molar-refractivity contribution in [3.8, 4) is 5.75 Å². The zero-order chi connectivity index (χ0) is 15.2. The van der Waals surface area contributed by atoms with Gasteiger partial charge in [0.1, 0.15) is 12.4 Å². The van der Waals surface area contributed by atoms with Crippen LogP contribution in [0.25, 0.3) is 0 Å². The molecule has 3 heteroatoms. The first kappa shape index (κ1) is 15.5. The van der Waals surface area contributed by atoms with Gasteiger partial charge in [-0.1, -0.05) is 24.6 Å². The van der Waals surface area contributed by atoms with Gasteiger partial charge in [0.15, 0.2) is 0 Å². The Morgan fingerprint density at radius 3 is 2.67 bits per heavy atom. The zero-order valence-electron chi connectivity index (χ0n) is 13.3. The molecule has 0 saturated carbocycles. The second-order valence-corrected chi connectivity index (χ2v) is 5.48. The molecule has 0 aliphatic heterocycles. The van der Waals surface area contributed by atoms with E-state index in [9.17, 15) is 0 Å². The number of hydrogen-bond acceptors (Lipinski definition) is 3. The van der Waals surface area contributed by atoms with E-state index < -0.39 is 0 Å². The van der Waals surface area contributed by atoms with Gasteiger partial charge in [-0.15, -0.1) is 0 Å². The van der Waals surface area contributed by atoms with E-state index in [0.717, 1.165) is 23.4 Å². The maximum Gasteiger partial charge on any atom is 0.124 e. The van der Waals surface area contributed by atoms with Crippen molar-refractivity contribution in [1.82, 2.24) is 10.3 Å². The van der Waals surface area contributed by atoms with Crippen LogP contribution in [-0.2, 0) is 6.61 Å². The molecule has 0 spiro atoms. The number of aromatic nitrogens is 1. The summed E-state index contributed by atoms with van der Waals surface area (Å²) in [7, 11) is 0. The van der Waals surface area contributed by atoms with Gasteiger partial charge in [-0.25, -0.2) is 0 Å². The van der Waals surface area contributed by atoms with Crippen LogP contribution >= 0.6 is 0 Å². The van der Waals surface area contributed by atoms with Crippen molar-refractivity contribution in [1.29, 1.82) is 0 Å². The molecule has 0 bridgehead atoms. The minimum atomic E-state index is 0.278. The lowest BCUT2D eigenvalue weighted by molar-refractivity contribution is 0.299. The van der Waals surface area contributed by atoms with E-state index in [2.05, 4.69) is 55.3 Å². The molecule has 21 heavy (non-hydrogen) atoms. The van der Waals surface area contributed by atoms with Crippen LogP contribution in [0.5, 0.6) is 5.75 Å². The van der Waals surface area contributed by atoms with Crippen molar-refractivity contribution in [2.75, 3.05) is 6.54 Å². The SMILES string of the molecule is CCNC(C)c1cc(C)ccc1OCc1cncc(C)c1. The molecule has 1 aromatic heterocycles. The summed E-state index contributed by atoms with van der Waals surface area (Å²) in [5.74, 6) is 0.940. The molecule has 1 unspecified atom stereocenters. The van der Waals surface area contributed by atoms with Gasteiger partial charge in [-0.3, -0.25) is 4.98 Å². The van der Waals surface area contributed by atoms with E-state index >= 15 is 0 Å². The third kappa shape index (κ3) is 4.30. The number of nitrogens with zero attached hydrogens (tertiary/aromatic N) is 1. The van der Waals surface area contributed by atoms with E-state index in [-0.39, 0.29) is 6.04 Å². The molecule has 3 nitrogen and oxygen atoms in total. The quantitative estimate of drug-likeness (QED) is 0.872. The van der Waals surface area contributed by atoms with Gasteiger partial charge >= 0.3 is 0 Å². The summed E-state index contributed by atoms with van der Waals surface area (Å²) in [5.41, 5.74) is 4.70. The van der Waals surface area contributed by atoms with E-state index in [1.165, 1.54) is 11.1 Å². The molecule has 0 amide bonds. The van der Waals surface area contributed by atoms with Gasteiger partial charge in [-0.05, 0) is 45.0 Å². The topological polar surface area (TPSA) is 34.1 Å². The number of benzene rings is 1. The highest BCUT2D eigenvalue weighted by Crippen LogP contribution is 2.27. The molecule has 2 aromatic rings. The van der Waals surface area contributed by atoms with Gasteiger partial charge in [0.05, 0.1) is 0 Å². The first-order valence-corrected chi connectivity index (χ1v) is 7.47. The molecular weight excluding hydrogens is 260 g/mol. The largest absolute Gasteiger partial charge is 0.489 e. The van der Waals surface area contributed by atoms with Crippen molar-refractivity contribution in [2.45, 2.75) is 40.3 Å². The number of pyridine rings is 1. The zero-order valence-corrected chi connectivity index (χ0v) is 13.3. The van der Waals surface area contributed by atoms with Crippen molar-refractivity contribution in [3.05, 3.63) is 58.9 Å². The monoisotopic (exact) mass is 284 g/mol. The predicted molar refractivity (Wildman–Crippen MR) is 86.6 cm³/mol. The van der Waals surface area contributed by atoms with Crippen LogP contribution in [0.15, 0.2) is 36.7 Å². The molecule has 1 aromatic carbocycles. The summed E-state index contributed by atoms with van der Waals surface area (Å²) < 4.78 is 6.02. The Labute approximate surface area is 127 Å². The third-order valence-corrected chi connectivity index (χ3v) is 3.47. The van der Waals surface area contributed by atoms with Gasteiger partial charge in [-0.2, -0.15) is 0 Å². The number of aryl methyl sites for hydroxylation is 2. The standard InChI is InChI=1S/C18H24N2O/c1-5-20-15(4)17-9-13(2)6-7-18(17)21-12-16-8-14(3)10-19-11-16/h6-11,15,20H,5,12H2,1-4H3. The summed E-state index contributed by atoms with van der Waals surface area (Å²) in [4.78, 5) is 4.21. The van der Waals surface area contributed by atoms with Crippen LogP contribution in [0, 0.1) is 13.8 Å². The normalized spacial score (nSPS) is 12.2. The maximum absolute atomic E-state index is 6.02. The Hall–Kier alpha value is -1.87. The van der Waals surface area contributed by atoms with Crippen LogP contribution in [0.1, 0.15) is 42.1 Å². The predicted octanol–water partition coefficient (Wildman–Crippen LogP) is 3.95. The Kier molecular flexibility index (Phi) is 5.34. The van der Waals surface area contributed by atoms with Crippen molar-refractivity contribution >= 4 is 0 Å². The Balaban J connectivity index is 2.15. The lowest BCUT2D eigenvalue weighted by Gasteiger charge is -2.18. The lowest BCUT2D eigenvalue weighted by atomic mass is 10.0. The average Bonchev–Trinajstić information content (AvgIpc) is 2.46. The van der Waals surface area contributed by atoms with E-state index in [1.807, 2.05) is 19.3 Å². The number of nitrogens with one attached hydrogen (secondary N) is 1. The molecule has 112 valence electrons. The Bertz CT molecular complexity index is 596. The second kappa shape index (κ2) is 7.23. The maximum atomic E-state index is 6.02. The Morgan fingerprint density at radius 2 is 1.95 bits per heavy atom. The molecule has 2 rings (SSSR count). The lowest BCUT2D eigenvalue weighted by Crippen LogP contribution is -2.18. The van der Waals surface area contributed by atoms with Crippen molar-refractivity contribution in [3.63, 3.8) is 0 Å². The molecule has 0 radical (unpaired) electrons. The van der Waals surface area contributed by atoms with Crippen LogP contribution < -0.4 is 10.1 Å². The first-order valence-electron chi connectivity index (χ1n) is 7.47. The second-order valence-electron chi connectivity index (χ2n) is 5.48. The fourth-order valence-electron chi connectivity index (χ4n) is 2.41. The Morgan fingerprint density at radius 1 is 1.14 bits per heavy atom. The minimum Gasteiger partial charge on any atom is -0.489 e. The van der Waals surface area contributed by atoms with E-state index in [4.69, 9.17) is 4.74 Å². The summed E-state index contributed by atoms with van der Waals surface area (Å²) in [6.45, 7) is 9.92. The van der Waals surface area contributed by atoms with E-state index in [0.29, 0.717) is 6.61 Å². The molecule has 0 aliphatic rings. The van der Waals surface area contributed by atoms with Crippen LogP contribution in [-0.4, -0.2) is 11.5 Å². The minimum absolute atomic E-state index is 0.278.